The lowest BCUT2D eigenvalue weighted by atomic mass is 10.2. The van der Waals surface area contributed by atoms with E-state index in [0.717, 1.165) is 38.0 Å². The maximum absolute atomic E-state index is 11.6. The van der Waals surface area contributed by atoms with Crippen molar-refractivity contribution in [3.8, 4) is 0 Å². The highest BCUT2D eigenvalue weighted by molar-refractivity contribution is 8.13. The van der Waals surface area contributed by atoms with E-state index in [0.29, 0.717) is 5.12 Å². The molecule has 0 rings (SSSR count). The molecule has 0 fully saturated rings. The first-order valence-corrected chi connectivity index (χ1v) is 10.7. The number of carbonyl (C=O) groups is 1. The Kier molecular flexibility index (Phi) is 14.8. The summed E-state index contributed by atoms with van der Waals surface area (Å²) >= 11 is 1.52. The molecule has 0 amide bonds. The molecule has 0 aliphatic heterocycles. The predicted molar refractivity (Wildman–Crippen MR) is 88.1 cm³/mol. The maximum atomic E-state index is 11.6. The van der Waals surface area contributed by atoms with E-state index in [1.54, 1.807) is 0 Å². The van der Waals surface area contributed by atoms with Gasteiger partial charge in [-0.1, -0.05) is 51.8 Å². The van der Waals surface area contributed by atoms with Gasteiger partial charge in [0.1, 0.15) is 0 Å². The lowest BCUT2D eigenvalue weighted by Crippen LogP contribution is -2.15. The van der Waals surface area contributed by atoms with E-state index in [1.807, 2.05) is 0 Å². The summed E-state index contributed by atoms with van der Waals surface area (Å²) in [5, 5.41) is 0.379. The topological polar surface area (TPSA) is 26.3 Å². The van der Waals surface area contributed by atoms with Crippen LogP contribution in [0, 0.1) is 0 Å². The highest BCUT2D eigenvalue weighted by atomic mass is 32.2. The van der Waals surface area contributed by atoms with Gasteiger partial charge in [-0.25, -0.2) is 0 Å². The lowest BCUT2D eigenvalue weighted by molar-refractivity contribution is -0.111. The Morgan fingerprint density at radius 2 is 1.74 bits per heavy atom. The predicted octanol–water partition coefficient (Wildman–Crippen LogP) is 5.04. The van der Waals surface area contributed by atoms with Crippen LogP contribution in [0.1, 0.15) is 65.7 Å². The quantitative estimate of drug-likeness (QED) is 0.352. The molecule has 0 heterocycles. The minimum absolute atomic E-state index is 0.379. The van der Waals surface area contributed by atoms with Crippen molar-refractivity contribution in [1.82, 2.24) is 0 Å². The first kappa shape index (κ1) is 19.2. The monoisotopic (exact) mass is 303 g/mol. The van der Waals surface area contributed by atoms with Crippen molar-refractivity contribution in [1.29, 1.82) is 0 Å². The normalized spacial score (nSPS) is 11.2. The summed E-state index contributed by atoms with van der Waals surface area (Å²) in [6.07, 6.45) is 7.74. The summed E-state index contributed by atoms with van der Waals surface area (Å²) in [6.45, 7) is 7.51. The zero-order valence-corrected chi connectivity index (χ0v) is 14.8. The molecule has 113 valence electrons. The summed E-state index contributed by atoms with van der Waals surface area (Å²) in [6, 6.07) is 2.40. The molecule has 0 saturated carbocycles. The van der Waals surface area contributed by atoms with Crippen LogP contribution in [0.25, 0.3) is 0 Å². The minimum atomic E-state index is -0.517. The van der Waals surface area contributed by atoms with Crippen molar-refractivity contribution >= 4 is 25.9 Å². The maximum Gasteiger partial charge on any atom is 0.210 e. The molecule has 0 bridgehead atoms. The van der Waals surface area contributed by atoms with E-state index in [1.165, 1.54) is 43.1 Å². The molecule has 0 aliphatic carbocycles. The van der Waals surface area contributed by atoms with Crippen molar-refractivity contribution in [2.75, 3.05) is 12.4 Å². The highest BCUT2D eigenvalue weighted by Gasteiger charge is 2.06. The fraction of sp³-hybridized carbons (Fsp3) is 0.933. The van der Waals surface area contributed by atoms with Crippen LogP contribution in [0.2, 0.25) is 12.1 Å². The van der Waals surface area contributed by atoms with Gasteiger partial charge in [0.15, 0.2) is 5.12 Å². The Morgan fingerprint density at radius 1 is 1.00 bits per heavy atom. The summed E-state index contributed by atoms with van der Waals surface area (Å²) in [5.41, 5.74) is 0. The molecule has 0 saturated heterocycles. The van der Waals surface area contributed by atoms with E-state index >= 15 is 0 Å². The number of hydrogen-bond acceptors (Lipinski definition) is 3. The fourth-order valence-electron chi connectivity index (χ4n) is 1.83. The molecule has 19 heavy (non-hydrogen) atoms. The van der Waals surface area contributed by atoms with Gasteiger partial charge >= 0.3 is 0 Å². The molecule has 0 aromatic heterocycles. The average Bonchev–Trinajstić information content (AvgIpc) is 2.43. The van der Waals surface area contributed by atoms with Gasteiger partial charge in [0, 0.05) is 18.8 Å². The lowest BCUT2D eigenvalue weighted by Gasteiger charge is -2.10. The minimum Gasteiger partial charge on any atom is -0.417 e. The Morgan fingerprint density at radius 3 is 2.37 bits per heavy atom. The van der Waals surface area contributed by atoms with Crippen LogP contribution in [0.3, 0.4) is 0 Å². The third-order valence-corrected chi connectivity index (χ3v) is 6.34. The Labute approximate surface area is 125 Å². The van der Waals surface area contributed by atoms with Crippen molar-refractivity contribution in [3.63, 3.8) is 0 Å². The zero-order valence-electron chi connectivity index (χ0n) is 13.0. The average molecular weight is 304 g/mol. The number of thioether (sulfide) groups is 1. The van der Waals surface area contributed by atoms with Crippen LogP contribution in [-0.4, -0.2) is 26.5 Å². The molecule has 0 spiro atoms. The van der Waals surface area contributed by atoms with E-state index in [4.69, 9.17) is 4.43 Å². The number of rotatable bonds is 13. The van der Waals surface area contributed by atoms with E-state index in [2.05, 4.69) is 20.8 Å². The fourth-order valence-corrected chi connectivity index (χ4v) is 4.04. The van der Waals surface area contributed by atoms with Gasteiger partial charge in [0.2, 0.25) is 9.04 Å². The Balaban J connectivity index is 3.27. The molecule has 0 aromatic rings. The second-order valence-corrected chi connectivity index (χ2v) is 8.76. The summed E-state index contributed by atoms with van der Waals surface area (Å²) in [7, 11) is -0.517. The first-order valence-electron chi connectivity index (χ1n) is 7.87. The van der Waals surface area contributed by atoms with Gasteiger partial charge in [-0.3, -0.25) is 4.79 Å². The van der Waals surface area contributed by atoms with Gasteiger partial charge in [-0.2, -0.15) is 0 Å². The standard InChI is InChI=1S/C15H31O2SSi/c1-4-7-8-9-12-15(16)18-14-11-10-13-17-19(5-2)6-3/h4-14H2,1-3H3. The molecular weight excluding hydrogens is 272 g/mol. The molecule has 0 aromatic carbocycles. The number of unbranched alkanes of at least 4 members (excludes halogenated alkanes) is 4. The summed E-state index contributed by atoms with van der Waals surface area (Å²) < 4.78 is 5.85. The molecule has 4 heteroatoms. The van der Waals surface area contributed by atoms with Crippen molar-refractivity contribution in [2.24, 2.45) is 0 Å². The molecule has 0 unspecified atom stereocenters. The molecule has 0 atom stereocenters. The van der Waals surface area contributed by atoms with E-state index in [-0.39, 0.29) is 0 Å². The molecule has 0 N–H and O–H groups in total. The van der Waals surface area contributed by atoms with Crippen LogP contribution in [-0.2, 0) is 9.22 Å². The first-order chi connectivity index (χ1) is 9.24. The number of hydrogen-bond donors (Lipinski definition) is 0. The zero-order chi connectivity index (χ0) is 14.3. The van der Waals surface area contributed by atoms with Crippen LogP contribution in [0.4, 0.5) is 0 Å². The smallest absolute Gasteiger partial charge is 0.210 e. The highest BCUT2D eigenvalue weighted by Crippen LogP contribution is 2.13. The van der Waals surface area contributed by atoms with Crippen molar-refractivity contribution in [3.05, 3.63) is 0 Å². The summed E-state index contributed by atoms with van der Waals surface area (Å²) in [5.74, 6) is 0.969. The molecule has 1 radical (unpaired) electrons. The Hall–Kier alpha value is 0.197. The largest absolute Gasteiger partial charge is 0.417 e. The van der Waals surface area contributed by atoms with Crippen LogP contribution >= 0.6 is 11.8 Å². The molecular formula is C15H31O2SSi. The molecule has 0 aliphatic rings. The van der Waals surface area contributed by atoms with Gasteiger partial charge < -0.3 is 4.43 Å². The summed E-state index contributed by atoms with van der Waals surface area (Å²) in [4.78, 5) is 11.6. The van der Waals surface area contributed by atoms with Crippen molar-refractivity contribution in [2.45, 2.75) is 77.8 Å². The SMILES string of the molecule is CCCCCCC(=O)SCCCCO[Si](CC)CC. The van der Waals surface area contributed by atoms with Gasteiger partial charge in [-0.15, -0.1) is 0 Å². The second kappa shape index (κ2) is 14.6. The van der Waals surface area contributed by atoms with E-state index in [9.17, 15) is 4.79 Å². The molecule has 2 nitrogen and oxygen atoms in total. The van der Waals surface area contributed by atoms with Crippen LogP contribution in [0.15, 0.2) is 0 Å². The van der Waals surface area contributed by atoms with Gasteiger partial charge in [-0.05, 0) is 31.4 Å². The second-order valence-electron chi connectivity index (χ2n) is 4.83. The third kappa shape index (κ3) is 13.0. The van der Waals surface area contributed by atoms with Gasteiger partial charge in [0.05, 0.1) is 0 Å². The van der Waals surface area contributed by atoms with Crippen molar-refractivity contribution < 1.29 is 9.22 Å². The van der Waals surface area contributed by atoms with Crippen LogP contribution < -0.4 is 0 Å². The van der Waals surface area contributed by atoms with Crippen LogP contribution in [0.5, 0.6) is 0 Å². The Bertz CT molecular complexity index is 208. The van der Waals surface area contributed by atoms with E-state index < -0.39 is 9.04 Å². The third-order valence-electron chi connectivity index (χ3n) is 3.13. The van der Waals surface area contributed by atoms with Gasteiger partial charge in [0.25, 0.3) is 0 Å². The number of carbonyl (C=O) groups excluding carboxylic acids is 1.